The van der Waals surface area contributed by atoms with Crippen molar-refractivity contribution in [1.82, 2.24) is 20.4 Å². The van der Waals surface area contributed by atoms with Gasteiger partial charge in [-0.3, -0.25) is 9.80 Å². The molecule has 174 valence electrons. The van der Waals surface area contributed by atoms with Crippen LogP contribution in [-0.2, 0) is 13.0 Å². The van der Waals surface area contributed by atoms with Gasteiger partial charge >= 0.3 is 12.2 Å². The quantitative estimate of drug-likeness (QED) is 0.710. The van der Waals surface area contributed by atoms with Crippen molar-refractivity contribution >= 4 is 6.03 Å². The molecule has 1 saturated heterocycles. The summed E-state index contributed by atoms with van der Waals surface area (Å²) in [5.74, 6) is 0.0554. The number of halogens is 3. The van der Waals surface area contributed by atoms with Crippen LogP contribution in [0.3, 0.4) is 0 Å². The van der Waals surface area contributed by atoms with Crippen LogP contribution in [0.5, 0.6) is 0 Å². The van der Waals surface area contributed by atoms with Crippen LogP contribution in [0.2, 0.25) is 0 Å². The lowest BCUT2D eigenvalue weighted by molar-refractivity contribution is -0.143. The van der Waals surface area contributed by atoms with E-state index in [1.165, 1.54) is 16.0 Å². The summed E-state index contributed by atoms with van der Waals surface area (Å²) >= 11 is 0. The molecule has 0 aliphatic carbocycles. The molecule has 1 fully saturated rings. The van der Waals surface area contributed by atoms with E-state index >= 15 is 0 Å². The summed E-state index contributed by atoms with van der Waals surface area (Å²) in [6.07, 6.45) is -2.49. The zero-order valence-corrected chi connectivity index (χ0v) is 18.8. The number of rotatable bonds is 6. The first-order chi connectivity index (χ1) is 14.5. The molecular weight excluding hydrogens is 405 g/mol. The summed E-state index contributed by atoms with van der Waals surface area (Å²) in [5, 5.41) is 6.00. The summed E-state index contributed by atoms with van der Waals surface area (Å²) < 4.78 is 37.7. The normalized spacial score (nSPS) is 21.5. The zero-order chi connectivity index (χ0) is 22.6. The first kappa shape index (κ1) is 23.9. The molecule has 0 aromatic heterocycles. The second-order valence-electron chi connectivity index (χ2n) is 10.0. The molecule has 0 saturated carbocycles. The summed E-state index contributed by atoms with van der Waals surface area (Å²) in [4.78, 5) is 16.4. The Morgan fingerprint density at radius 2 is 1.84 bits per heavy atom. The minimum atomic E-state index is -4.17. The van der Waals surface area contributed by atoms with Crippen molar-refractivity contribution in [2.24, 2.45) is 11.3 Å². The Morgan fingerprint density at radius 3 is 2.52 bits per heavy atom. The fourth-order valence-corrected chi connectivity index (χ4v) is 4.43. The topological polar surface area (TPSA) is 47.6 Å². The van der Waals surface area contributed by atoms with Crippen LogP contribution in [0.15, 0.2) is 24.3 Å². The van der Waals surface area contributed by atoms with E-state index < -0.39 is 12.7 Å². The predicted molar refractivity (Wildman–Crippen MR) is 116 cm³/mol. The Labute approximate surface area is 183 Å². The lowest BCUT2D eigenvalue weighted by atomic mass is 9.86. The SMILES string of the molecule is CC(C)(C)[C@H](CN1CCc2ccccc2C1)NC(=O)NC[C@H]1CCN(CC(F)(F)F)C1. The molecule has 2 amide bonds. The lowest BCUT2D eigenvalue weighted by Crippen LogP contribution is -2.54. The second-order valence-corrected chi connectivity index (χ2v) is 10.0. The van der Waals surface area contributed by atoms with Gasteiger partial charge in [0, 0.05) is 38.8 Å². The zero-order valence-electron chi connectivity index (χ0n) is 18.8. The highest BCUT2D eigenvalue weighted by atomic mass is 19.4. The molecule has 1 aromatic carbocycles. The molecule has 2 atom stereocenters. The molecule has 3 rings (SSSR count). The fraction of sp³-hybridized carbons (Fsp3) is 0.696. The Balaban J connectivity index is 1.47. The average Bonchev–Trinajstić information content (AvgIpc) is 3.10. The molecule has 2 N–H and O–H groups in total. The van der Waals surface area contributed by atoms with Gasteiger partial charge in [-0.25, -0.2) is 4.79 Å². The highest BCUT2D eigenvalue weighted by molar-refractivity contribution is 5.74. The van der Waals surface area contributed by atoms with Crippen LogP contribution < -0.4 is 10.6 Å². The van der Waals surface area contributed by atoms with Gasteiger partial charge in [0.25, 0.3) is 0 Å². The standard InChI is InChI=1S/C23H35F3N4O/c1-22(2,3)20(15-29-11-9-18-6-4-5-7-19(18)14-29)28-21(31)27-12-17-8-10-30(13-17)16-23(24,25)26/h4-7,17,20H,8-16H2,1-3H3,(H2,27,28,31)/t17-,20+/m1/s1. The Morgan fingerprint density at radius 1 is 1.13 bits per heavy atom. The summed E-state index contributed by atoms with van der Waals surface area (Å²) in [5.41, 5.74) is 2.62. The molecule has 31 heavy (non-hydrogen) atoms. The van der Waals surface area contributed by atoms with Gasteiger partial charge in [-0.2, -0.15) is 13.2 Å². The molecule has 0 spiro atoms. The van der Waals surface area contributed by atoms with Gasteiger partial charge in [0.15, 0.2) is 0 Å². The first-order valence-electron chi connectivity index (χ1n) is 11.1. The van der Waals surface area contributed by atoms with Gasteiger partial charge in [0.2, 0.25) is 0 Å². The van der Waals surface area contributed by atoms with Crippen molar-refractivity contribution in [1.29, 1.82) is 0 Å². The van der Waals surface area contributed by atoms with E-state index in [9.17, 15) is 18.0 Å². The lowest BCUT2D eigenvalue weighted by Gasteiger charge is -2.38. The van der Waals surface area contributed by atoms with Crippen molar-refractivity contribution in [3.05, 3.63) is 35.4 Å². The number of nitrogens with one attached hydrogen (secondary N) is 2. The van der Waals surface area contributed by atoms with Crippen LogP contribution >= 0.6 is 0 Å². The summed E-state index contributed by atoms with van der Waals surface area (Å²) in [7, 11) is 0. The maximum Gasteiger partial charge on any atom is 0.401 e. The number of fused-ring (bicyclic) bond motifs is 1. The first-order valence-corrected chi connectivity index (χ1v) is 11.1. The Kier molecular flexibility index (Phi) is 7.52. The van der Waals surface area contributed by atoms with E-state index in [2.05, 4.69) is 60.6 Å². The number of nitrogens with zero attached hydrogens (tertiary/aromatic N) is 2. The maximum absolute atomic E-state index is 12.6. The van der Waals surface area contributed by atoms with Gasteiger partial charge < -0.3 is 10.6 Å². The number of carbonyl (C=O) groups excluding carboxylic acids is 1. The molecule has 5 nitrogen and oxygen atoms in total. The molecule has 0 bridgehead atoms. The van der Waals surface area contributed by atoms with Gasteiger partial charge in [0.05, 0.1) is 6.54 Å². The fourth-order valence-electron chi connectivity index (χ4n) is 4.43. The van der Waals surface area contributed by atoms with E-state index in [1.807, 2.05) is 0 Å². The molecule has 1 aromatic rings. The van der Waals surface area contributed by atoms with Crippen molar-refractivity contribution < 1.29 is 18.0 Å². The number of alkyl halides is 3. The number of hydrogen-bond acceptors (Lipinski definition) is 3. The van der Waals surface area contributed by atoms with Crippen molar-refractivity contribution in [2.45, 2.75) is 52.4 Å². The van der Waals surface area contributed by atoms with E-state index in [0.29, 0.717) is 26.1 Å². The summed E-state index contributed by atoms with van der Waals surface area (Å²) in [6.45, 7) is 9.26. The van der Waals surface area contributed by atoms with Gasteiger partial charge in [0.1, 0.15) is 0 Å². The Bertz CT molecular complexity index is 747. The maximum atomic E-state index is 12.6. The van der Waals surface area contributed by atoms with Crippen LogP contribution in [0.4, 0.5) is 18.0 Å². The van der Waals surface area contributed by atoms with E-state index in [4.69, 9.17) is 0 Å². The van der Waals surface area contributed by atoms with E-state index in [0.717, 1.165) is 26.1 Å². The highest BCUT2D eigenvalue weighted by Gasteiger charge is 2.34. The second kappa shape index (κ2) is 9.77. The number of urea groups is 1. The number of likely N-dealkylation sites (tertiary alicyclic amines) is 1. The van der Waals surface area contributed by atoms with Crippen LogP contribution in [0, 0.1) is 11.3 Å². The van der Waals surface area contributed by atoms with Crippen molar-refractivity contribution in [3.63, 3.8) is 0 Å². The van der Waals surface area contributed by atoms with Crippen LogP contribution in [0.1, 0.15) is 38.3 Å². The molecule has 2 aliphatic heterocycles. The van der Waals surface area contributed by atoms with Crippen molar-refractivity contribution in [3.8, 4) is 0 Å². The Hall–Kier alpha value is -1.80. The minimum absolute atomic E-state index is 0.0388. The number of carbonyl (C=O) groups is 1. The van der Waals surface area contributed by atoms with E-state index in [1.54, 1.807) is 0 Å². The van der Waals surface area contributed by atoms with Gasteiger partial charge in [-0.15, -0.1) is 0 Å². The predicted octanol–water partition coefficient (Wildman–Crippen LogP) is 3.64. The molecule has 2 aliphatic rings. The number of benzene rings is 1. The molecule has 8 heteroatoms. The third-order valence-corrected chi connectivity index (χ3v) is 6.33. The third-order valence-electron chi connectivity index (χ3n) is 6.33. The molecular formula is C23H35F3N4O. The molecule has 0 unspecified atom stereocenters. The third kappa shape index (κ3) is 7.38. The summed E-state index contributed by atoms with van der Waals surface area (Å²) in [6, 6.07) is 8.20. The van der Waals surface area contributed by atoms with Crippen molar-refractivity contribution in [2.75, 3.05) is 39.3 Å². The van der Waals surface area contributed by atoms with Gasteiger partial charge in [-0.05, 0) is 41.8 Å². The number of hydrogen-bond donors (Lipinski definition) is 2. The highest BCUT2D eigenvalue weighted by Crippen LogP contribution is 2.25. The smallest absolute Gasteiger partial charge is 0.338 e. The number of amides is 2. The average molecular weight is 441 g/mol. The largest absolute Gasteiger partial charge is 0.401 e. The molecule has 0 radical (unpaired) electrons. The minimum Gasteiger partial charge on any atom is -0.338 e. The molecule has 2 heterocycles. The van der Waals surface area contributed by atoms with Crippen LogP contribution in [-0.4, -0.2) is 67.3 Å². The monoisotopic (exact) mass is 440 g/mol. The van der Waals surface area contributed by atoms with Crippen LogP contribution in [0.25, 0.3) is 0 Å². The van der Waals surface area contributed by atoms with Gasteiger partial charge in [-0.1, -0.05) is 45.0 Å². The van der Waals surface area contributed by atoms with E-state index in [-0.39, 0.29) is 23.4 Å².